The second-order valence-electron chi connectivity index (χ2n) is 3.87. The highest BCUT2D eigenvalue weighted by atomic mass is 16.7. The quantitative estimate of drug-likeness (QED) is 0.289. The van der Waals surface area contributed by atoms with Gasteiger partial charge in [0.15, 0.2) is 0 Å². The molecule has 0 amide bonds. The van der Waals surface area contributed by atoms with E-state index < -0.39 is 0 Å². The number of esters is 1. The highest BCUT2D eigenvalue weighted by Gasteiger charge is 1.98. The molecule has 0 heterocycles. The molecule has 0 aromatic heterocycles. The number of carbonyl (C=O) groups excluding carboxylic acids is 1. The van der Waals surface area contributed by atoms with Crippen molar-refractivity contribution in [1.29, 1.82) is 0 Å². The minimum absolute atomic E-state index is 0.221. The van der Waals surface area contributed by atoms with Crippen LogP contribution in [0, 0.1) is 0 Å². The highest BCUT2D eigenvalue weighted by molar-refractivity contribution is 5.69. The fourth-order valence-corrected chi connectivity index (χ4v) is 1.32. The number of hydrogen-bond donors (Lipinski definition) is 0. The van der Waals surface area contributed by atoms with Gasteiger partial charge in [-0.25, -0.2) is 0 Å². The molecule has 108 valence electrons. The lowest BCUT2D eigenvalue weighted by Gasteiger charge is -2.05. The zero-order chi connectivity index (χ0) is 13.5. The summed E-state index contributed by atoms with van der Waals surface area (Å²) < 4.78 is 20.1. The topological polar surface area (TPSA) is 54.0 Å². The fraction of sp³-hybridized carbons (Fsp3) is 0.923. The SMILES string of the molecule is CCOCOCCCCCCOCCC(=O)OC. The Morgan fingerprint density at radius 1 is 0.889 bits per heavy atom. The van der Waals surface area contributed by atoms with Gasteiger partial charge < -0.3 is 18.9 Å². The van der Waals surface area contributed by atoms with Crippen LogP contribution in [0.3, 0.4) is 0 Å². The first kappa shape index (κ1) is 17.4. The minimum atomic E-state index is -0.221. The Morgan fingerprint density at radius 3 is 2.17 bits per heavy atom. The normalized spacial score (nSPS) is 10.6. The Balaban J connectivity index is 2.97. The predicted molar refractivity (Wildman–Crippen MR) is 68.4 cm³/mol. The monoisotopic (exact) mass is 262 g/mol. The highest BCUT2D eigenvalue weighted by Crippen LogP contribution is 2.01. The lowest BCUT2D eigenvalue weighted by molar-refractivity contribution is -0.141. The van der Waals surface area contributed by atoms with Crippen LogP contribution >= 0.6 is 0 Å². The molecule has 0 aliphatic rings. The Hall–Kier alpha value is -0.650. The average Bonchev–Trinajstić information content (AvgIpc) is 2.39. The van der Waals surface area contributed by atoms with E-state index in [0.29, 0.717) is 33.0 Å². The molecule has 0 aromatic rings. The van der Waals surface area contributed by atoms with Crippen LogP contribution in [-0.2, 0) is 23.7 Å². The van der Waals surface area contributed by atoms with Crippen LogP contribution in [0.15, 0.2) is 0 Å². The van der Waals surface area contributed by atoms with Crippen molar-refractivity contribution in [3.63, 3.8) is 0 Å². The molecule has 0 rings (SSSR count). The van der Waals surface area contributed by atoms with Crippen molar-refractivity contribution in [1.82, 2.24) is 0 Å². The summed E-state index contributed by atoms with van der Waals surface area (Å²) in [4.78, 5) is 10.8. The van der Waals surface area contributed by atoms with Crippen molar-refractivity contribution in [2.45, 2.75) is 39.0 Å². The van der Waals surface area contributed by atoms with E-state index in [1.165, 1.54) is 7.11 Å². The molecule has 5 nitrogen and oxygen atoms in total. The first-order valence-electron chi connectivity index (χ1n) is 6.61. The second kappa shape index (κ2) is 14.4. The Bertz CT molecular complexity index is 184. The molecule has 0 spiro atoms. The van der Waals surface area contributed by atoms with Crippen LogP contribution in [0.1, 0.15) is 39.0 Å². The van der Waals surface area contributed by atoms with Crippen molar-refractivity contribution in [3.05, 3.63) is 0 Å². The molecule has 0 N–H and O–H groups in total. The standard InChI is InChI=1S/C13H26O5/c1-3-16-12-18-10-7-5-4-6-9-17-11-8-13(14)15-2/h3-12H2,1-2H3. The van der Waals surface area contributed by atoms with Gasteiger partial charge in [0, 0.05) is 19.8 Å². The van der Waals surface area contributed by atoms with E-state index in [2.05, 4.69) is 4.74 Å². The number of carbonyl (C=O) groups is 1. The third-order valence-corrected chi connectivity index (χ3v) is 2.38. The van der Waals surface area contributed by atoms with E-state index in [1.54, 1.807) is 0 Å². The summed E-state index contributed by atoms with van der Waals surface area (Å²) in [6.07, 6.45) is 4.66. The van der Waals surface area contributed by atoms with Gasteiger partial charge in [-0.1, -0.05) is 12.8 Å². The molecule has 0 atom stereocenters. The third-order valence-electron chi connectivity index (χ3n) is 2.38. The lowest BCUT2D eigenvalue weighted by atomic mass is 10.2. The molecular weight excluding hydrogens is 236 g/mol. The maximum Gasteiger partial charge on any atom is 0.307 e. The van der Waals surface area contributed by atoms with Gasteiger partial charge >= 0.3 is 5.97 Å². The van der Waals surface area contributed by atoms with Gasteiger partial charge in [0.1, 0.15) is 6.79 Å². The van der Waals surface area contributed by atoms with Gasteiger partial charge in [-0.15, -0.1) is 0 Å². The van der Waals surface area contributed by atoms with E-state index in [9.17, 15) is 4.79 Å². The summed E-state index contributed by atoms with van der Waals surface area (Å²) in [5.41, 5.74) is 0. The number of ether oxygens (including phenoxy) is 4. The van der Waals surface area contributed by atoms with Gasteiger partial charge in [-0.05, 0) is 19.8 Å². The number of methoxy groups -OCH3 is 1. The molecule has 0 aliphatic carbocycles. The summed E-state index contributed by atoms with van der Waals surface area (Å²) in [5, 5.41) is 0. The van der Waals surface area contributed by atoms with Gasteiger partial charge in [-0.2, -0.15) is 0 Å². The van der Waals surface area contributed by atoms with Gasteiger partial charge in [0.25, 0.3) is 0 Å². The summed E-state index contributed by atoms with van der Waals surface area (Å²) in [6.45, 7) is 4.95. The van der Waals surface area contributed by atoms with E-state index in [1.807, 2.05) is 6.92 Å². The lowest BCUT2D eigenvalue weighted by Crippen LogP contribution is -2.06. The van der Waals surface area contributed by atoms with Crippen molar-refractivity contribution in [2.24, 2.45) is 0 Å². The second-order valence-corrected chi connectivity index (χ2v) is 3.87. The van der Waals surface area contributed by atoms with Crippen LogP contribution in [0.2, 0.25) is 0 Å². The van der Waals surface area contributed by atoms with Crippen LogP contribution in [0.4, 0.5) is 0 Å². The maximum atomic E-state index is 10.8. The Kier molecular flexibility index (Phi) is 13.9. The van der Waals surface area contributed by atoms with Crippen molar-refractivity contribution < 1.29 is 23.7 Å². The fourth-order valence-electron chi connectivity index (χ4n) is 1.32. The van der Waals surface area contributed by atoms with E-state index in [0.717, 1.165) is 32.3 Å². The molecule has 0 aromatic carbocycles. The molecule has 0 unspecified atom stereocenters. The van der Waals surface area contributed by atoms with Gasteiger partial charge in [0.05, 0.1) is 20.1 Å². The van der Waals surface area contributed by atoms with Crippen molar-refractivity contribution in [2.75, 3.05) is 40.3 Å². The summed E-state index contributed by atoms with van der Waals surface area (Å²) >= 11 is 0. The third kappa shape index (κ3) is 13.4. The summed E-state index contributed by atoms with van der Waals surface area (Å²) in [7, 11) is 1.38. The van der Waals surface area contributed by atoms with Crippen molar-refractivity contribution in [3.8, 4) is 0 Å². The predicted octanol–water partition coefficient (Wildman–Crippen LogP) is 2.14. The van der Waals surface area contributed by atoms with Crippen LogP contribution in [-0.4, -0.2) is 46.3 Å². The van der Waals surface area contributed by atoms with Gasteiger partial charge in [-0.3, -0.25) is 4.79 Å². The maximum absolute atomic E-state index is 10.8. The molecule has 0 saturated carbocycles. The van der Waals surface area contributed by atoms with Gasteiger partial charge in [0.2, 0.25) is 0 Å². The van der Waals surface area contributed by atoms with Crippen LogP contribution in [0.5, 0.6) is 0 Å². The van der Waals surface area contributed by atoms with E-state index in [-0.39, 0.29) is 5.97 Å². The van der Waals surface area contributed by atoms with Crippen LogP contribution < -0.4 is 0 Å². The Morgan fingerprint density at radius 2 is 1.56 bits per heavy atom. The van der Waals surface area contributed by atoms with E-state index >= 15 is 0 Å². The zero-order valence-corrected chi connectivity index (χ0v) is 11.6. The number of rotatable bonds is 13. The largest absolute Gasteiger partial charge is 0.469 e. The molecular formula is C13H26O5. The number of unbranched alkanes of at least 4 members (excludes halogenated alkanes) is 3. The molecule has 0 saturated heterocycles. The molecule has 0 fully saturated rings. The molecule has 18 heavy (non-hydrogen) atoms. The molecule has 0 aliphatic heterocycles. The van der Waals surface area contributed by atoms with E-state index in [4.69, 9.17) is 14.2 Å². The number of hydrogen-bond acceptors (Lipinski definition) is 5. The summed E-state index contributed by atoms with van der Waals surface area (Å²) in [6, 6.07) is 0. The molecule has 0 radical (unpaired) electrons. The summed E-state index contributed by atoms with van der Waals surface area (Å²) in [5.74, 6) is -0.221. The first-order chi connectivity index (χ1) is 8.81. The first-order valence-corrected chi connectivity index (χ1v) is 6.61. The smallest absolute Gasteiger partial charge is 0.307 e. The molecule has 5 heteroatoms. The zero-order valence-electron chi connectivity index (χ0n) is 11.6. The van der Waals surface area contributed by atoms with Crippen molar-refractivity contribution >= 4 is 5.97 Å². The molecule has 0 bridgehead atoms. The average molecular weight is 262 g/mol. The Labute approximate surface area is 110 Å². The van der Waals surface area contributed by atoms with Crippen LogP contribution in [0.25, 0.3) is 0 Å². The minimum Gasteiger partial charge on any atom is -0.469 e.